The van der Waals surface area contributed by atoms with E-state index in [9.17, 15) is 0 Å². The molecule has 20 heavy (non-hydrogen) atoms. The van der Waals surface area contributed by atoms with E-state index in [1.807, 2.05) is 0 Å². The molecule has 112 valence electrons. The molecule has 0 aromatic heterocycles. The molecule has 2 rings (SSSR count). The summed E-state index contributed by atoms with van der Waals surface area (Å²) < 4.78 is 0. The summed E-state index contributed by atoms with van der Waals surface area (Å²) in [6.07, 6.45) is 3.65. The summed E-state index contributed by atoms with van der Waals surface area (Å²) in [5.74, 6) is 0.737. The van der Waals surface area contributed by atoms with Crippen LogP contribution in [-0.4, -0.2) is 37.1 Å². The van der Waals surface area contributed by atoms with E-state index in [0.717, 1.165) is 19.0 Å². The number of hydrogen-bond donors (Lipinski definition) is 1. The van der Waals surface area contributed by atoms with Gasteiger partial charge in [0.2, 0.25) is 0 Å². The second kappa shape index (κ2) is 7.80. The van der Waals surface area contributed by atoms with Crippen LogP contribution in [0.1, 0.15) is 38.3 Å². The standard InChI is InChI=1S/C18H30N2/c1-4-18(14-19-13-15(2)3)20-11-9-16-7-5-6-8-17(16)10-12-20/h5-8,15,18-19H,4,9-14H2,1-3H3. The molecule has 1 aromatic carbocycles. The van der Waals surface area contributed by atoms with Crippen LogP contribution >= 0.6 is 0 Å². The van der Waals surface area contributed by atoms with Crippen molar-refractivity contribution in [1.29, 1.82) is 0 Å². The average Bonchev–Trinajstić information content (AvgIpc) is 2.66. The van der Waals surface area contributed by atoms with Crippen molar-refractivity contribution in [3.63, 3.8) is 0 Å². The first-order valence-corrected chi connectivity index (χ1v) is 8.22. The van der Waals surface area contributed by atoms with Crippen molar-refractivity contribution in [3.05, 3.63) is 35.4 Å². The van der Waals surface area contributed by atoms with Crippen LogP contribution in [0.2, 0.25) is 0 Å². The highest BCUT2D eigenvalue weighted by Gasteiger charge is 2.19. The van der Waals surface area contributed by atoms with Crippen LogP contribution in [0.4, 0.5) is 0 Å². The highest BCUT2D eigenvalue weighted by molar-refractivity contribution is 5.28. The highest BCUT2D eigenvalue weighted by atomic mass is 15.2. The van der Waals surface area contributed by atoms with Gasteiger partial charge in [-0.1, -0.05) is 45.0 Å². The molecule has 2 heteroatoms. The summed E-state index contributed by atoms with van der Waals surface area (Å²) in [4.78, 5) is 2.69. The Balaban J connectivity index is 1.89. The van der Waals surface area contributed by atoms with Crippen molar-refractivity contribution in [2.75, 3.05) is 26.2 Å². The van der Waals surface area contributed by atoms with E-state index in [-0.39, 0.29) is 0 Å². The first kappa shape index (κ1) is 15.5. The minimum Gasteiger partial charge on any atom is -0.315 e. The molecule has 0 saturated carbocycles. The van der Waals surface area contributed by atoms with Gasteiger partial charge in [0.1, 0.15) is 0 Å². The van der Waals surface area contributed by atoms with Gasteiger partial charge in [0.25, 0.3) is 0 Å². The third kappa shape index (κ3) is 4.32. The Morgan fingerprint density at radius 2 is 1.65 bits per heavy atom. The van der Waals surface area contributed by atoms with Gasteiger partial charge in [-0.25, -0.2) is 0 Å². The lowest BCUT2D eigenvalue weighted by atomic mass is 10.0. The van der Waals surface area contributed by atoms with E-state index < -0.39 is 0 Å². The fraction of sp³-hybridized carbons (Fsp3) is 0.667. The second-order valence-electron chi connectivity index (χ2n) is 6.42. The number of nitrogens with zero attached hydrogens (tertiary/aromatic N) is 1. The van der Waals surface area contributed by atoms with Crippen molar-refractivity contribution in [1.82, 2.24) is 10.2 Å². The molecular formula is C18H30N2. The zero-order chi connectivity index (χ0) is 14.4. The molecule has 0 bridgehead atoms. The monoisotopic (exact) mass is 274 g/mol. The minimum absolute atomic E-state index is 0.683. The summed E-state index contributed by atoms with van der Waals surface area (Å²) in [7, 11) is 0. The zero-order valence-electron chi connectivity index (χ0n) is 13.4. The van der Waals surface area contributed by atoms with Gasteiger partial charge in [-0.15, -0.1) is 0 Å². The van der Waals surface area contributed by atoms with Crippen molar-refractivity contribution >= 4 is 0 Å². The quantitative estimate of drug-likeness (QED) is 0.857. The minimum atomic E-state index is 0.683. The predicted molar refractivity (Wildman–Crippen MR) is 87.2 cm³/mol. The molecule has 1 unspecified atom stereocenters. The largest absolute Gasteiger partial charge is 0.315 e. The smallest absolute Gasteiger partial charge is 0.0218 e. The third-order valence-electron chi connectivity index (χ3n) is 4.38. The van der Waals surface area contributed by atoms with Crippen molar-refractivity contribution in [3.8, 4) is 0 Å². The van der Waals surface area contributed by atoms with Crippen LogP contribution in [0.5, 0.6) is 0 Å². The van der Waals surface area contributed by atoms with Gasteiger partial charge >= 0.3 is 0 Å². The number of nitrogens with one attached hydrogen (secondary N) is 1. The molecule has 2 nitrogen and oxygen atoms in total. The van der Waals surface area contributed by atoms with E-state index in [2.05, 4.69) is 55.3 Å². The molecular weight excluding hydrogens is 244 g/mol. The normalized spacial score (nSPS) is 17.8. The summed E-state index contributed by atoms with van der Waals surface area (Å²) in [5.41, 5.74) is 3.11. The zero-order valence-corrected chi connectivity index (χ0v) is 13.4. The summed E-state index contributed by atoms with van der Waals surface area (Å²) in [6, 6.07) is 9.64. The van der Waals surface area contributed by atoms with Gasteiger partial charge in [-0.05, 0) is 42.9 Å². The Morgan fingerprint density at radius 3 is 2.15 bits per heavy atom. The van der Waals surface area contributed by atoms with Crippen LogP contribution in [0.3, 0.4) is 0 Å². The lowest BCUT2D eigenvalue weighted by Crippen LogP contribution is -2.44. The Morgan fingerprint density at radius 1 is 1.05 bits per heavy atom. The Hall–Kier alpha value is -0.860. The molecule has 0 amide bonds. The molecule has 1 heterocycles. The van der Waals surface area contributed by atoms with E-state index in [0.29, 0.717) is 6.04 Å². The van der Waals surface area contributed by atoms with Crippen molar-refractivity contribution < 1.29 is 0 Å². The van der Waals surface area contributed by atoms with Crippen LogP contribution < -0.4 is 5.32 Å². The van der Waals surface area contributed by atoms with Gasteiger partial charge in [-0.2, -0.15) is 0 Å². The van der Waals surface area contributed by atoms with Crippen molar-refractivity contribution in [2.24, 2.45) is 5.92 Å². The molecule has 0 aliphatic carbocycles. The van der Waals surface area contributed by atoms with Crippen LogP contribution in [0.25, 0.3) is 0 Å². The van der Waals surface area contributed by atoms with E-state index in [1.165, 1.54) is 32.4 Å². The second-order valence-corrected chi connectivity index (χ2v) is 6.42. The third-order valence-corrected chi connectivity index (χ3v) is 4.38. The maximum Gasteiger partial charge on any atom is 0.0218 e. The summed E-state index contributed by atoms with van der Waals surface area (Å²) in [6.45, 7) is 11.5. The summed E-state index contributed by atoms with van der Waals surface area (Å²) >= 11 is 0. The lowest BCUT2D eigenvalue weighted by Gasteiger charge is -2.30. The van der Waals surface area contributed by atoms with Gasteiger partial charge in [0.05, 0.1) is 0 Å². The van der Waals surface area contributed by atoms with Gasteiger partial charge < -0.3 is 5.32 Å². The topological polar surface area (TPSA) is 15.3 Å². The van der Waals surface area contributed by atoms with E-state index >= 15 is 0 Å². The molecule has 1 aliphatic rings. The van der Waals surface area contributed by atoms with E-state index in [1.54, 1.807) is 11.1 Å². The SMILES string of the molecule is CCC(CNCC(C)C)N1CCc2ccccc2CC1. The first-order valence-electron chi connectivity index (χ1n) is 8.22. The maximum absolute atomic E-state index is 3.63. The maximum atomic E-state index is 3.63. The summed E-state index contributed by atoms with van der Waals surface area (Å²) in [5, 5.41) is 3.63. The van der Waals surface area contributed by atoms with Gasteiger partial charge in [0.15, 0.2) is 0 Å². The number of fused-ring (bicyclic) bond motifs is 1. The molecule has 0 fully saturated rings. The van der Waals surface area contributed by atoms with Gasteiger partial charge in [-0.3, -0.25) is 4.90 Å². The van der Waals surface area contributed by atoms with E-state index in [4.69, 9.17) is 0 Å². The fourth-order valence-electron chi connectivity index (χ4n) is 3.12. The lowest BCUT2D eigenvalue weighted by molar-refractivity contribution is 0.194. The van der Waals surface area contributed by atoms with Crippen LogP contribution in [0.15, 0.2) is 24.3 Å². The molecule has 1 atom stereocenters. The first-order chi connectivity index (χ1) is 9.70. The Bertz CT molecular complexity index is 373. The Labute approximate surface area is 124 Å². The number of hydrogen-bond acceptors (Lipinski definition) is 2. The average molecular weight is 274 g/mol. The molecule has 0 radical (unpaired) electrons. The molecule has 1 aromatic rings. The van der Waals surface area contributed by atoms with Crippen LogP contribution in [-0.2, 0) is 12.8 Å². The highest BCUT2D eigenvalue weighted by Crippen LogP contribution is 2.17. The Kier molecular flexibility index (Phi) is 6.06. The molecule has 1 N–H and O–H groups in total. The molecule has 0 saturated heterocycles. The molecule has 0 spiro atoms. The number of rotatable bonds is 6. The molecule has 1 aliphatic heterocycles. The van der Waals surface area contributed by atoms with Crippen LogP contribution in [0, 0.1) is 5.92 Å². The fourth-order valence-corrected chi connectivity index (χ4v) is 3.12. The number of benzene rings is 1. The van der Waals surface area contributed by atoms with Crippen molar-refractivity contribution in [2.45, 2.75) is 46.1 Å². The van der Waals surface area contributed by atoms with Gasteiger partial charge in [0, 0.05) is 25.7 Å². The predicted octanol–water partition coefficient (Wildman–Crippen LogP) is 3.11.